The lowest BCUT2D eigenvalue weighted by atomic mass is 9.97. The van der Waals surface area contributed by atoms with E-state index in [1.807, 2.05) is 4.90 Å². The molecule has 12 heteroatoms. The predicted molar refractivity (Wildman–Crippen MR) is 109 cm³/mol. The largest absolute Gasteiger partial charge is 0.481 e. The first-order chi connectivity index (χ1) is 15.4. The van der Waals surface area contributed by atoms with Gasteiger partial charge in [0.25, 0.3) is 0 Å². The molecule has 2 aromatic heterocycles. The quantitative estimate of drug-likeness (QED) is 0.524. The van der Waals surface area contributed by atoms with Crippen LogP contribution in [0.15, 0.2) is 40.9 Å². The van der Waals surface area contributed by atoms with Crippen LogP contribution in [0, 0.1) is 17.6 Å². The molecule has 4 rings (SSSR count). The molecule has 1 aromatic carbocycles. The number of rotatable bonds is 6. The fourth-order valence-electron chi connectivity index (χ4n) is 3.25. The van der Waals surface area contributed by atoms with Gasteiger partial charge in [0.1, 0.15) is 5.82 Å². The lowest BCUT2D eigenvalue weighted by Gasteiger charge is -2.31. The Kier molecular flexibility index (Phi) is 5.92. The van der Waals surface area contributed by atoms with E-state index in [0.717, 1.165) is 12.1 Å². The highest BCUT2D eigenvalue weighted by Crippen LogP contribution is 2.23. The number of carbonyl (C=O) groups excluding carboxylic acids is 1. The van der Waals surface area contributed by atoms with E-state index < -0.39 is 23.5 Å². The van der Waals surface area contributed by atoms with E-state index >= 15 is 0 Å². The molecular weight excluding hydrogens is 426 g/mol. The van der Waals surface area contributed by atoms with E-state index in [0.29, 0.717) is 37.4 Å². The van der Waals surface area contributed by atoms with Crippen molar-refractivity contribution in [3.63, 3.8) is 0 Å². The molecule has 166 valence electrons. The molecule has 1 fully saturated rings. The number of hydrogen-bond donors (Lipinski definition) is 3. The Hall–Kier alpha value is -4.09. The van der Waals surface area contributed by atoms with Crippen molar-refractivity contribution < 1.29 is 27.9 Å². The predicted octanol–water partition coefficient (Wildman–Crippen LogP) is 3.04. The van der Waals surface area contributed by atoms with E-state index in [2.05, 4.69) is 25.8 Å². The summed E-state index contributed by atoms with van der Waals surface area (Å²) in [4.78, 5) is 29.7. The van der Waals surface area contributed by atoms with Crippen molar-refractivity contribution in [3.05, 3.63) is 54.1 Å². The Morgan fingerprint density at radius 3 is 2.47 bits per heavy atom. The molecule has 32 heavy (non-hydrogen) atoms. The number of anilines is 4. The summed E-state index contributed by atoms with van der Waals surface area (Å²) in [7, 11) is 0. The van der Waals surface area contributed by atoms with Crippen LogP contribution in [0.4, 0.5) is 32.0 Å². The molecule has 1 aliphatic heterocycles. The minimum atomic E-state index is -1.05. The number of aromatic nitrogens is 3. The van der Waals surface area contributed by atoms with Crippen LogP contribution in [0.5, 0.6) is 0 Å². The molecule has 0 saturated carbocycles. The second-order valence-corrected chi connectivity index (χ2v) is 7.13. The molecule has 0 atom stereocenters. The van der Waals surface area contributed by atoms with Crippen molar-refractivity contribution in [1.29, 1.82) is 0 Å². The van der Waals surface area contributed by atoms with E-state index in [1.165, 1.54) is 12.3 Å². The van der Waals surface area contributed by atoms with Gasteiger partial charge in [0.05, 0.1) is 17.8 Å². The standard InChI is InChI=1S/C20H18F2N6O4/c21-14-3-1-12(9-15(14)22)25-20-27-26-18(32-20)17(29)24-13-2-4-16(23-10-13)28-7-5-11(6-8-28)19(30)31/h1-4,9-11H,5-8H2,(H,24,29)(H,25,27)(H,30,31). The van der Waals surface area contributed by atoms with E-state index in [9.17, 15) is 18.4 Å². The number of aliphatic carboxylic acids is 1. The van der Waals surface area contributed by atoms with Crippen molar-refractivity contribution in [3.8, 4) is 0 Å². The average Bonchev–Trinajstić information content (AvgIpc) is 3.25. The number of amides is 1. The highest BCUT2D eigenvalue weighted by molar-refractivity contribution is 6.00. The highest BCUT2D eigenvalue weighted by Gasteiger charge is 2.25. The van der Waals surface area contributed by atoms with Crippen LogP contribution in [-0.4, -0.2) is 45.3 Å². The first-order valence-electron chi connectivity index (χ1n) is 9.70. The number of halogens is 2. The van der Waals surface area contributed by atoms with Crippen LogP contribution in [0.3, 0.4) is 0 Å². The molecule has 0 spiro atoms. The van der Waals surface area contributed by atoms with Crippen LogP contribution in [0.1, 0.15) is 23.5 Å². The summed E-state index contributed by atoms with van der Waals surface area (Å²) in [5.41, 5.74) is 0.569. The van der Waals surface area contributed by atoms with Gasteiger partial charge in [0.15, 0.2) is 11.6 Å². The average molecular weight is 444 g/mol. The second kappa shape index (κ2) is 8.96. The summed E-state index contributed by atoms with van der Waals surface area (Å²) in [6.07, 6.45) is 2.56. The number of nitrogens with zero attached hydrogens (tertiary/aromatic N) is 4. The van der Waals surface area contributed by atoms with Crippen molar-refractivity contribution in [1.82, 2.24) is 15.2 Å². The van der Waals surface area contributed by atoms with Gasteiger partial charge in [-0.3, -0.25) is 9.59 Å². The zero-order valence-corrected chi connectivity index (χ0v) is 16.6. The molecule has 3 heterocycles. The molecule has 1 aliphatic rings. The number of carboxylic acid groups (broad SMARTS) is 1. The lowest BCUT2D eigenvalue weighted by Crippen LogP contribution is -2.36. The second-order valence-electron chi connectivity index (χ2n) is 7.13. The molecule has 3 aromatic rings. The van der Waals surface area contributed by atoms with Gasteiger partial charge in [-0.1, -0.05) is 5.10 Å². The fraction of sp³-hybridized carbons (Fsp3) is 0.250. The minimum absolute atomic E-state index is 0.167. The molecule has 10 nitrogen and oxygen atoms in total. The molecule has 1 amide bonds. The lowest BCUT2D eigenvalue weighted by molar-refractivity contribution is -0.142. The maximum absolute atomic E-state index is 13.3. The number of pyridine rings is 1. The van der Waals surface area contributed by atoms with Crippen molar-refractivity contribution in [2.75, 3.05) is 28.6 Å². The third kappa shape index (κ3) is 4.79. The minimum Gasteiger partial charge on any atom is -0.481 e. The van der Waals surface area contributed by atoms with Crippen LogP contribution >= 0.6 is 0 Å². The number of hydrogen-bond acceptors (Lipinski definition) is 8. The Labute approximate surface area is 180 Å². The Balaban J connectivity index is 1.34. The molecule has 0 aliphatic carbocycles. The Morgan fingerprint density at radius 1 is 1.06 bits per heavy atom. The summed E-state index contributed by atoms with van der Waals surface area (Å²) < 4.78 is 31.5. The summed E-state index contributed by atoms with van der Waals surface area (Å²) in [5, 5.41) is 21.5. The van der Waals surface area contributed by atoms with Gasteiger partial charge in [0.2, 0.25) is 0 Å². The molecular formula is C20H18F2N6O4. The number of benzene rings is 1. The SMILES string of the molecule is O=C(Nc1ccc(N2CCC(C(=O)O)CC2)nc1)c1nnc(Nc2ccc(F)c(F)c2)o1. The number of nitrogens with one attached hydrogen (secondary N) is 2. The molecule has 0 unspecified atom stereocenters. The van der Waals surface area contributed by atoms with Gasteiger partial charge >= 0.3 is 23.8 Å². The smallest absolute Gasteiger partial charge is 0.320 e. The summed E-state index contributed by atoms with van der Waals surface area (Å²) in [5.74, 6) is -3.48. The van der Waals surface area contributed by atoms with E-state index in [1.54, 1.807) is 12.1 Å². The highest BCUT2D eigenvalue weighted by atomic mass is 19.2. The maximum Gasteiger partial charge on any atom is 0.320 e. The van der Waals surface area contributed by atoms with Gasteiger partial charge in [-0.2, -0.15) is 0 Å². The van der Waals surface area contributed by atoms with Crippen LogP contribution in [-0.2, 0) is 4.79 Å². The molecule has 3 N–H and O–H groups in total. The van der Waals surface area contributed by atoms with Gasteiger partial charge in [-0.15, -0.1) is 5.10 Å². The van der Waals surface area contributed by atoms with Crippen LogP contribution in [0.2, 0.25) is 0 Å². The van der Waals surface area contributed by atoms with Gasteiger partial charge in [-0.25, -0.2) is 13.8 Å². The first-order valence-corrected chi connectivity index (χ1v) is 9.70. The molecule has 0 radical (unpaired) electrons. The number of piperidine rings is 1. The topological polar surface area (TPSA) is 133 Å². The van der Waals surface area contributed by atoms with Gasteiger partial charge in [0, 0.05) is 24.8 Å². The van der Waals surface area contributed by atoms with Crippen molar-refractivity contribution in [2.24, 2.45) is 5.92 Å². The van der Waals surface area contributed by atoms with Crippen molar-refractivity contribution >= 4 is 35.1 Å². The third-order valence-electron chi connectivity index (χ3n) is 4.96. The van der Waals surface area contributed by atoms with Gasteiger partial charge in [-0.05, 0) is 37.1 Å². The molecule has 1 saturated heterocycles. The monoisotopic (exact) mass is 444 g/mol. The van der Waals surface area contributed by atoms with Gasteiger partial charge < -0.3 is 25.1 Å². The van der Waals surface area contributed by atoms with E-state index in [-0.39, 0.29) is 23.5 Å². The van der Waals surface area contributed by atoms with E-state index in [4.69, 9.17) is 9.52 Å². The zero-order chi connectivity index (χ0) is 22.7. The first kappa shape index (κ1) is 21.2. The fourth-order valence-corrected chi connectivity index (χ4v) is 3.25. The zero-order valence-electron chi connectivity index (χ0n) is 16.6. The Morgan fingerprint density at radius 2 is 1.81 bits per heavy atom. The van der Waals surface area contributed by atoms with Crippen LogP contribution in [0.25, 0.3) is 0 Å². The Bertz CT molecular complexity index is 1130. The summed E-state index contributed by atoms with van der Waals surface area (Å²) in [6.45, 7) is 1.18. The van der Waals surface area contributed by atoms with Crippen molar-refractivity contribution in [2.45, 2.75) is 12.8 Å². The summed E-state index contributed by atoms with van der Waals surface area (Å²) in [6, 6.07) is 6.34. The third-order valence-corrected chi connectivity index (χ3v) is 4.96. The maximum atomic E-state index is 13.3. The number of carbonyl (C=O) groups is 2. The van der Waals surface area contributed by atoms with Crippen LogP contribution < -0.4 is 15.5 Å². The number of carboxylic acids is 1. The normalized spacial score (nSPS) is 14.2. The summed E-state index contributed by atoms with van der Waals surface area (Å²) >= 11 is 0. The molecule has 0 bridgehead atoms.